The molecule has 2 unspecified atom stereocenters. The van der Waals surface area contributed by atoms with E-state index in [9.17, 15) is 0 Å². The lowest BCUT2D eigenvalue weighted by atomic mass is 10.0. The molecule has 0 aromatic carbocycles. The van der Waals surface area contributed by atoms with Crippen molar-refractivity contribution in [3.8, 4) is 0 Å². The second-order valence-electron chi connectivity index (χ2n) is 7.42. The van der Waals surface area contributed by atoms with Gasteiger partial charge < -0.3 is 13.8 Å². The third-order valence-electron chi connectivity index (χ3n) is 5.17. The van der Waals surface area contributed by atoms with Crippen molar-refractivity contribution >= 4 is 8.56 Å². The monoisotopic (exact) mass is 359 g/mol. The third-order valence-corrected chi connectivity index (χ3v) is 8.90. The quantitative estimate of drug-likeness (QED) is 0.250. The zero-order chi connectivity index (χ0) is 18.4. The van der Waals surface area contributed by atoms with Gasteiger partial charge in [0.2, 0.25) is 0 Å². The molecule has 0 saturated carbocycles. The van der Waals surface area contributed by atoms with E-state index in [2.05, 4.69) is 53.2 Å². The molecule has 0 rings (SSSR count). The van der Waals surface area contributed by atoms with Gasteiger partial charge in [-0.2, -0.15) is 0 Å². The summed E-state index contributed by atoms with van der Waals surface area (Å²) in [6.07, 6.45) is 11.7. The van der Waals surface area contributed by atoms with Crippen molar-refractivity contribution < 1.29 is 8.85 Å². The summed E-state index contributed by atoms with van der Waals surface area (Å²) in [5.74, 6) is 0. The number of unbranched alkanes of at least 4 members (excludes halogenated alkanes) is 4. The minimum absolute atomic E-state index is 0.595. The van der Waals surface area contributed by atoms with Gasteiger partial charge in [0, 0.05) is 24.8 Å². The molecule has 3 nitrogen and oxygen atoms in total. The lowest BCUT2D eigenvalue weighted by molar-refractivity contribution is 0.163. The van der Waals surface area contributed by atoms with Crippen molar-refractivity contribution in [3.05, 3.63) is 0 Å². The van der Waals surface area contributed by atoms with Crippen molar-refractivity contribution in [2.24, 2.45) is 0 Å². The minimum Gasteiger partial charge on any atom is -0.394 e. The van der Waals surface area contributed by atoms with Gasteiger partial charge in [-0.3, -0.25) is 0 Å². The maximum atomic E-state index is 6.27. The maximum absolute atomic E-state index is 6.27. The first-order valence-electron chi connectivity index (χ1n) is 10.4. The van der Waals surface area contributed by atoms with Crippen LogP contribution < -0.4 is 0 Å². The number of hydrogen-bond acceptors (Lipinski definition) is 3. The number of hydrogen-bond donors (Lipinski definition) is 0. The van der Waals surface area contributed by atoms with Crippen molar-refractivity contribution in [2.75, 3.05) is 27.3 Å². The first kappa shape index (κ1) is 24.1. The average Bonchev–Trinajstić information content (AvgIpc) is 2.52. The van der Waals surface area contributed by atoms with Gasteiger partial charge in [0.1, 0.15) is 0 Å². The van der Waals surface area contributed by atoms with Crippen LogP contribution in [0.25, 0.3) is 0 Å². The Kier molecular flexibility index (Phi) is 14.3. The second kappa shape index (κ2) is 14.3. The van der Waals surface area contributed by atoms with Crippen LogP contribution in [0.5, 0.6) is 0 Å². The van der Waals surface area contributed by atoms with Crippen LogP contribution in [-0.2, 0) is 8.85 Å². The summed E-state index contributed by atoms with van der Waals surface area (Å²) in [6.45, 7) is 12.6. The molecule has 0 aliphatic rings. The Morgan fingerprint density at radius 2 is 1.38 bits per heavy atom. The molecule has 0 aliphatic carbocycles. The van der Waals surface area contributed by atoms with Crippen LogP contribution in [0.15, 0.2) is 0 Å². The summed E-state index contributed by atoms with van der Waals surface area (Å²) >= 11 is 0. The highest BCUT2D eigenvalue weighted by atomic mass is 28.4. The molecule has 0 spiro atoms. The topological polar surface area (TPSA) is 21.7 Å². The summed E-state index contributed by atoms with van der Waals surface area (Å²) < 4.78 is 12.5. The molecule has 0 aliphatic heterocycles. The molecule has 0 aromatic heterocycles. The smallest absolute Gasteiger partial charge is 0.338 e. The molecule has 4 heteroatoms. The highest BCUT2D eigenvalue weighted by Gasteiger charge is 2.41. The lowest BCUT2D eigenvalue weighted by Crippen LogP contribution is -2.46. The Morgan fingerprint density at radius 3 is 1.83 bits per heavy atom. The van der Waals surface area contributed by atoms with E-state index in [4.69, 9.17) is 8.85 Å². The zero-order valence-electron chi connectivity index (χ0n) is 17.7. The molecule has 0 bridgehead atoms. The third kappa shape index (κ3) is 9.55. The van der Waals surface area contributed by atoms with Crippen LogP contribution >= 0.6 is 0 Å². The van der Waals surface area contributed by atoms with Crippen molar-refractivity contribution in [2.45, 2.75) is 104 Å². The van der Waals surface area contributed by atoms with Gasteiger partial charge in [-0.15, -0.1) is 0 Å². The van der Waals surface area contributed by atoms with Crippen molar-refractivity contribution in [3.63, 3.8) is 0 Å². The molecule has 2 atom stereocenters. The first-order valence-corrected chi connectivity index (χ1v) is 12.8. The Labute approximate surface area is 153 Å². The molecule has 0 radical (unpaired) electrons. The predicted octanol–water partition coefficient (Wildman–Crippen LogP) is 5.98. The van der Waals surface area contributed by atoms with Gasteiger partial charge in [0.15, 0.2) is 0 Å². The molecule has 0 amide bonds. The highest BCUT2D eigenvalue weighted by molar-refractivity contribution is 6.67. The van der Waals surface area contributed by atoms with Crippen LogP contribution in [0.3, 0.4) is 0 Å². The van der Waals surface area contributed by atoms with Gasteiger partial charge in [-0.1, -0.05) is 52.4 Å². The summed E-state index contributed by atoms with van der Waals surface area (Å²) in [6, 6.07) is 0.642. The second-order valence-corrected chi connectivity index (χ2v) is 10.8. The SMILES string of the molecule is CCCCCCCC(CC(CCC)N(C)C)[Si](C)(OCC)OCC. The van der Waals surface area contributed by atoms with Gasteiger partial charge in [-0.25, -0.2) is 0 Å². The van der Waals surface area contributed by atoms with E-state index in [0.29, 0.717) is 11.6 Å². The molecule has 0 saturated heterocycles. The fourth-order valence-corrected chi connectivity index (χ4v) is 6.82. The fourth-order valence-electron chi connectivity index (χ4n) is 3.69. The van der Waals surface area contributed by atoms with E-state index >= 15 is 0 Å². The summed E-state index contributed by atoms with van der Waals surface area (Å²) in [7, 11) is 2.33. The highest BCUT2D eigenvalue weighted by Crippen LogP contribution is 2.36. The molecular weight excluding hydrogens is 314 g/mol. The van der Waals surface area contributed by atoms with Crippen molar-refractivity contribution in [1.29, 1.82) is 0 Å². The molecular formula is C20H45NO2Si. The molecule has 0 N–H and O–H groups in total. The molecule has 0 heterocycles. The summed E-state index contributed by atoms with van der Waals surface area (Å²) in [5.41, 5.74) is 0.595. The van der Waals surface area contributed by atoms with Crippen molar-refractivity contribution in [1.82, 2.24) is 4.90 Å². The van der Waals surface area contributed by atoms with Crippen LogP contribution in [0.4, 0.5) is 0 Å². The lowest BCUT2D eigenvalue weighted by Gasteiger charge is -2.37. The largest absolute Gasteiger partial charge is 0.394 e. The number of rotatable bonds is 16. The van der Waals surface area contributed by atoms with Gasteiger partial charge in [0.25, 0.3) is 0 Å². The van der Waals surface area contributed by atoms with E-state index in [-0.39, 0.29) is 0 Å². The van der Waals surface area contributed by atoms with E-state index in [1.165, 1.54) is 57.8 Å². The molecule has 0 fully saturated rings. The Balaban J connectivity index is 4.95. The van der Waals surface area contributed by atoms with Crippen LogP contribution in [-0.4, -0.2) is 46.8 Å². The normalized spacial score (nSPS) is 15.0. The van der Waals surface area contributed by atoms with E-state index in [1.54, 1.807) is 0 Å². The maximum Gasteiger partial charge on any atom is 0.338 e. The molecule has 146 valence electrons. The standard InChI is InChI=1S/C20H45NO2Si/c1-8-12-13-14-15-17-20(18-19(16-9-2)21(5)6)24(7,22-10-3)23-11-4/h19-20H,8-18H2,1-7H3. The predicted molar refractivity (Wildman–Crippen MR) is 109 cm³/mol. The Bertz CT molecular complexity index is 281. The van der Waals surface area contributed by atoms with E-state index in [1.807, 2.05) is 0 Å². The van der Waals surface area contributed by atoms with Gasteiger partial charge >= 0.3 is 8.56 Å². The molecule has 0 aromatic rings. The fraction of sp³-hybridized carbons (Fsp3) is 1.00. The van der Waals surface area contributed by atoms with Crippen LogP contribution in [0.1, 0.15) is 85.5 Å². The average molecular weight is 360 g/mol. The van der Waals surface area contributed by atoms with Gasteiger partial charge in [0.05, 0.1) is 0 Å². The van der Waals surface area contributed by atoms with Crippen LogP contribution in [0, 0.1) is 0 Å². The summed E-state index contributed by atoms with van der Waals surface area (Å²) in [4.78, 5) is 2.40. The van der Waals surface area contributed by atoms with Gasteiger partial charge in [-0.05, 0) is 53.8 Å². The Morgan fingerprint density at radius 1 is 0.792 bits per heavy atom. The van der Waals surface area contributed by atoms with Crippen LogP contribution in [0.2, 0.25) is 12.1 Å². The Hall–Kier alpha value is 0.0969. The van der Waals surface area contributed by atoms with E-state index in [0.717, 1.165) is 13.2 Å². The van der Waals surface area contributed by atoms with E-state index < -0.39 is 8.56 Å². The number of nitrogens with zero attached hydrogens (tertiary/aromatic N) is 1. The minimum atomic E-state index is -2.11. The first-order chi connectivity index (χ1) is 11.4. The molecule has 24 heavy (non-hydrogen) atoms. The zero-order valence-corrected chi connectivity index (χ0v) is 18.7. The summed E-state index contributed by atoms with van der Waals surface area (Å²) in [5, 5.41) is 0.